The Morgan fingerprint density at radius 1 is 1.17 bits per heavy atom. The fourth-order valence-electron chi connectivity index (χ4n) is 3.68. The van der Waals surface area contributed by atoms with Crippen LogP contribution in [-0.4, -0.2) is 23.1 Å². The molecule has 29 heavy (non-hydrogen) atoms. The lowest BCUT2D eigenvalue weighted by molar-refractivity contribution is 0.0950. The fraction of sp³-hybridized carbons (Fsp3) is 0.391. The van der Waals surface area contributed by atoms with Crippen molar-refractivity contribution in [3.8, 4) is 0 Å². The van der Waals surface area contributed by atoms with Crippen molar-refractivity contribution in [2.75, 3.05) is 5.32 Å². The van der Waals surface area contributed by atoms with Gasteiger partial charge in [0.15, 0.2) is 11.6 Å². The van der Waals surface area contributed by atoms with Gasteiger partial charge in [-0.3, -0.25) is 4.79 Å². The third kappa shape index (κ3) is 3.59. The van der Waals surface area contributed by atoms with Crippen molar-refractivity contribution in [1.82, 2.24) is 10.5 Å². The summed E-state index contributed by atoms with van der Waals surface area (Å²) >= 11 is 0. The molecule has 1 aromatic heterocycles. The number of hydrogen-bond donors (Lipinski definition) is 2. The van der Waals surface area contributed by atoms with Gasteiger partial charge in [-0.05, 0) is 67.5 Å². The number of nitrogens with one attached hydrogen (secondary N) is 2. The Bertz CT molecular complexity index is 1040. The summed E-state index contributed by atoms with van der Waals surface area (Å²) in [5, 5.41) is 10.5. The van der Waals surface area contributed by atoms with Crippen molar-refractivity contribution in [1.29, 1.82) is 0 Å². The minimum Gasteiger partial charge on any atom is -0.364 e. The van der Waals surface area contributed by atoms with Gasteiger partial charge in [-0.1, -0.05) is 24.2 Å². The van der Waals surface area contributed by atoms with Gasteiger partial charge in [0.2, 0.25) is 0 Å². The van der Waals surface area contributed by atoms with E-state index in [1.807, 2.05) is 25.2 Å². The summed E-state index contributed by atoms with van der Waals surface area (Å²) in [5.74, 6) is 0.944. The van der Waals surface area contributed by atoms with Crippen molar-refractivity contribution in [2.45, 2.75) is 57.5 Å². The summed E-state index contributed by atoms with van der Waals surface area (Å²) in [6.07, 6.45) is 10.3. The molecule has 0 aliphatic heterocycles. The van der Waals surface area contributed by atoms with Gasteiger partial charge in [0.25, 0.3) is 5.91 Å². The second kappa shape index (κ2) is 6.87. The smallest absolute Gasteiger partial charge is 0.251 e. The Morgan fingerprint density at radius 2 is 1.93 bits per heavy atom. The molecule has 2 saturated carbocycles. The van der Waals surface area contributed by atoms with Gasteiger partial charge in [-0.15, -0.1) is 0 Å². The number of fused-ring (bicyclic) bond motifs is 1. The number of hydrogen-bond acceptors (Lipinski definition) is 4. The predicted octanol–water partition coefficient (Wildman–Crippen LogP) is 4.80. The Balaban J connectivity index is 1.50. The number of anilines is 1. The molecule has 5 nitrogen and oxygen atoms in total. The zero-order valence-corrected chi connectivity index (χ0v) is 16.6. The maximum atomic E-state index is 14.7. The van der Waals surface area contributed by atoms with Crippen molar-refractivity contribution in [2.24, 2.45) is 0 Å². The number of halogens is 1. The molecule has 150 valence electrons. The normalized spacial score (nSPS) is 20.7. The lowest BCUT2D eigenvalue weighted by Crippen LogP contribution is -2.25. The minimum absolute atomic E-state index is 0.0244. The van der Waals surface area contributed by atoms with Crippen LogP contribution in [0.2, 0.25) is 0 Å². The maximum absolute atomic E-state index is 14.7. The van der Waals surface area contributed by atoms with Gasteiger partial charge in [0, 0.05) is 23.6 Å². The predicted molar refractivity (Wildman–Crippen MR) is 110 cm³/mol. The van der Waals surface area contributed by atoms with E-state index in [4.69, 9.17) is 4.52 Å². The van der Waals surface area contributed by atoms with Crippen LogP contribution < -0.4 is 10.6 Å². The minimum atomic E-state index is -0.371. The van der Waals surface area contributed by atoms with Crippen LogP contribution >= 0.6 is 0 Å². The summed E-state index contributed by atoms with van der Waals surface area (Å²) < 4.78 is 20.3. The molecule has 5 rings (SSSR count). The van der Waals surface area contributed by atoms with Crippen LogP contribution in [0.3, 0.4) is 0 Å². The third-order valence-electron chi connectivity index (χ3n) is 5.78. The van der Waals surface area contributed by atoms with Gasteiger partial charge in [0.05, 0.1) is 5.56 Å². The highest BCUT2D eigenvalue weighted by atomic mass is 19.1. The Labute approximate surface area is 169 Å². The van der Waals surface area contributed by atoms with Gasteiger partial charge >= 0.3 is 0 Å². The molecule has 0 bridgehead atoms. The average Bonchev–Trinajstić information content (AvgIpc) is 3.60. The Morgan fingerprint density at radius 3 is 2.66 bits per heavy atom. The first-order valence-corrected chi connectivity index (χ1v) is 10.3. The molecule has 3 aliphatic carbocycles. The molecule has 1 aromatic carbocycles. The largest absolute Gasteiger partial charge is 0.364 e. The molecule has 2 N–H and O–H groups in total. The molecule has 1 heterocycles. The summed E-state index contributed by atoms with van der Waals surface area (Å²) in [4.78, 5) is 12.5. The van der Waals surface area contributed by atoms with Crippen LogP contribution in [0.15, 0.2) is 28.8 Å². The number of carbonyl (C=O) groups excluding carboxylic acids is 1. The molecule has 3 aliphatic rings. The monoisotopic (exact) mass is 393 g/mol. The zero-order chi connectivity index (χ0) is 20.1. The molecule has 0 saturated heterocycles. The first kappa shape index (κ1) is 18.2. The fourth-order valence-corrected chi connectivity index (χ4v) is 3.68. The van der Waals surface area contributed by atoms with E-state index in [9.17, 15) is 9.18 Å². The van der Waals surface area contributed by atoms with E-state index in [0.717, 1.165) is 54.0 Å². The molecular weight excluding hydrogens is 369 g/mol. The van der Waals surface area contributed by atoms with Crippen LogP contribution in [0.1, 0.15) is 71.3 Å². The lowest BCUT2D eigenvalue weighted by atomic mass is 9.94. The highest BCUT2D eigenvalue weighted by Crippen LogP contribution is 2.37. The maximum Gasteiger partial charge on any atom is 0.251 e. The number of allylic oxidation sites excluding steroid dienone is 3. The second-order valence-corrected chi connectivity index (χ2v) is 8.35. The SMILES string of the molecule is Cc1c(F)cc(C(=O)NC2CC2)cc1C1=CC(C)c2onc(NC3CC3)c2C=C1. The van der Waals surface area contributed by atoms with Gasteiger partial charge in [0.1, 0.15) is 5.82 Å². The molecule has 6 heteroatoms. The number of nitrogens with zero attached hydrogens (tertiary/aromatic N) is 1. The molecule has 1 atom stereocenters. The van der Waals surface area contributed by atoms with E-state index in [2.05, 4.69) is 15.8 Å². The molecular formula is C23H24FN3O2. The summed E-state index contributed by atoms with van der Waals surface area (Å²) in [5.41, 5.74) is 3.43. The van der Waals surface area contributed by atoms with Crippen LogP contribution in [0.25, 0.3) is 11.6 Å². The highest BCUT2D eigenvalue weighted by Gasteiger charge is 2.28. The standard InChI is InChI=1S/C23H24FN3O2/c1-12-9-14(3-8-18-21(12)29-27-22(18)25-16-4-5-16)19-10-15(11-20(24)13(19)2)23(28)26-17-6-7-17/h3,8-12,16-17H,4-7H2,1-2H3,(H,25,27)(H,26,28). The number of amides is 1. The van der Waals surface area contributed by atoms with Crippen LogP contribution in [-0.2, 0) is 0 Å². The Hall–Kier alpha value is -2.89. The molecule has 0 spiro atoms. The van der Waals surface area contributed by atoms with Gasteiger partial charge < -0.3 is 15.2 Å². The van der Waals surface area contributed by atoms with Crippen molar-refractivity contribution >= 4 is 23.4 Å². The number of aromatic nitrogens is 1. The first-order valence-electron chi connectivity index (χ1n) is 10.3. The molecule has 0 radical (unpaired) electrons. The summed E-state index contributed by atoms with van der Waals surface area (Å²) in [6, 6.07) is 3.82. The first-order chi connectivity index (χ1) is 14.0. The van der Waals surface area contributed by atoms with Crippen molar-refractivity contribution < 1.29 is 13.7 Å². The molecule has 1 amide bonds. The van der Waals surface area contributed by atoms with Gasteiger partial charge in [-0.25, -0.2) is 4.39 Å². The van der Waals surface area contributed by atoms with E-state index in [-0.39, 0.29) is 23.7 Å². The van der Waals surface area contributed by atoms with E-state index in [1.165, 1.54) is 6.07 Å². The van der Waals surface area contributed by atoms with Crippen LogP contribution in [0, 0.1) is 12.7 Å². The van der Waals surface area contributed by atoms with Crippen LogP contribution in [0.5, 0.6) is 0 Å². The van der Waals surface area contributed by atoms with E-state index < -0.39 is 0 Å². The lowest BCUT2D eigenvalue weighted by Gasteiger charge is -2.12. The topological polar surface area (TPSA) is 67.2 Å². The van der Waals surface area contributed by atoms with Crippen LogP contribution in [0.4, 0.5) is 10.2 Å². The summed E-state index contributed by atoms with van der Waals surface area (Å²) in [6.45, 7) is 3.78. The van der Waals surface area contributed by atoms with Gasteiger partial charge in [-0.2, -0.15) is 0 Å². The van der Waals surface area contributed by atoms with Crippen molar-refractivity contribution in [3.05, 3.63) is 58.1 Å². The molecule has 2 fully saturated rings. The van der Waals surface area contributed by atoms with E-state index >= 15 is 0 Å². The third-order valence-corrected chi connectivity index (χ3v) is 5.78. The quantitative estimate of drug-likeness (QED) is 0.766. The Kier molecular flexibility index (Phi) is 4.30. The number of carbonyl (C=O) groups is 1. The molecule has 2 aromatic rings. The second-order valence-electron chi connectivity index (χ2n) is 8.35. The highest BCUT2D eigenvalue weighted by molar-refractivity contribution is 5.96. The van der Waals surface area contributed by atoms with Crippen molar-refractivity contribution in [3.63, 3.8) is 0 Å². The number of benzene rings is 1. The summed E-state index contributed by atoms with van der Waals surface area (Å²) in [7, 11) is 0. The number of rotatable bonds is 5. The zero-order valence-electron chi connectivity index (χ0n) is 16.6. The molecule has 1 unspecified atom stereocenters. The van der Waals surface area contributed by atoms with E-state index in [1.54, 1.807) is 13.0 Å². The van der Waals surface area contributed by atoms with E-state index in [0.29, 0.717) is 17.2 Å². The average molecular weight is 393 g/mol.